The number of anilines is 1. The van der Waals surface area contributed by atoms with E-state index in [1.54, 1.807) is 0 Å². The van der Waals surface area contributed by atoms with Gasteiger partial charge in [-0.2, -0.15) is 0 Å². The highest BCUT2D eigenvalue weighted by Crippen LogP contribution is 2.17. The number of para-hydroxylation sites is 1. The molecule has 1 aliphatic heterocycles. The van der Waals surface area contributed by atoms with Gasteiger partial charge < -0.3 is 10.2 Å². The number of likely N-dealkylation sites (N-methyl/N-ethyl adjacent to an activating group) is 1. The van der Waals surface area contributed by atoms with Gasteiger partial charge in [-0.25, -0.2) is 4.98 Å². The largest absolute Gasteiger partial charge is 0.368 e. The van der Waals surface area contributed by atoms with Crippen molar-refractivity contribution in [1.29, 1.82) is 0 Å². The normalized spacial score (nSPS) is 20.4. The Bertz CT molecular complexity index is 538. The first-order valence-electron chi connectivity index (χ1n) is 6.63. The third-order valence-corrected chi connectivity index (χ3v) is 3.79. The third kappa shape index (κ3) is 2.31. The van der Waals surface area contributed by atoms with Gasteiger partial charge in [0.15, 0.2) is 0 Å². The van der Waals surface area contributed by atoms with Gasteiger partial charge in [-0.15, -0.1) is 0 Å². The second-order valence-electron chi connectivity index (χ2n) is 5.05. The number of nitrogens with one attached hydrogen (secondary N) is 1. The Morgan fingerprint density at radius 3 is 3.00 bits per heavy atom. The number of likely N-dealkylation sites (tertiary alicyclic amines) is 1. The maximum atomic E-state index is 4.63. The van der Waals surface area contributed by atoms with E-state index < -0.39 is 0 Å². The quantitative estimate of drug-likeness (QED) is 0.895. The summed E-state index contributed by atoms with van der Waals surface area (Å²) in [5.41, 5.74) is 1.06. The molecule has 0 saturated carbocycles. The summed E-state index contributed by atoms with van der Waals surface area (Å²) in [6.07, 6.45) is 2.60. The van der Waals surface area contributed by atoms with Crippen molar-refractivity contribution in [2.24, 2.45) is 0 Å². The van der Waals surface area contributed by atoms with E-state index in [2.05, 4.69) is 46.5 Å². The first-order chi connectivity index (χ1) is 8.83. The molecule has 1 saturated heterocycles. The number of nitrogens with zero attached hydrogens (tertiary/aromatic N) is 2. The van der Waals surface area contributed by atoms with Crippen LogP contribution in [0.1, 0.15) is 12.8 Å². The predicted octanol–water partition coefficient (Wildman–Crippen LogP) is 2.74. The van der Waals surface area contributed by atoms with Crippen LogP contribution in [0.5, 0.6) is 0 Å². The molecule has 2 heterocycles. The summed E-state index contributed by atoms with van der Waals surface area (Å²) in [6, 6.07) is 13.1. The lowest BCUT2D eigenvalue weighted by molar-refractivity contribution is 0.322. The summed E-state index contributed by atoms with van der Waals surface area (Å²) in [6.45, 7) is 2.21. The van der Waals surface area contributed by atoms with Crippen LogP contribution in [0.2, 0.25) is 0 Å². The number of rotatable bonds is 3. The molecule has 1 aromatic carbocycles. The van der Waals surface area contributed by atoms with E-state index in [9.17, 15) is 0 Å². The SMILES string of the molecule is CN1CCCC1CNc1ccc2ccccc2n1. The Kier molecular flexibility index (Phi) is 3.15. The molecule has 0 bridgehead atoms. The lowest BCUT2D eigenvalue weighted by Gasteiger charge is -2.20. The molecule has 3 heteroatoms. The summed E-state index contributed by atoms with van der Waals surface area (Å²) in [5, 5.41) is 4.65. The molecule has 2 aromatic rings. The molecule has 1 aliphatic rings. The summed E-state index contributed by atoms with van der Waals surface area (Å²) in [4.78, 5) is 7.06. The number of hydrogen-bond acceptors (Lipinski definition) is 3. The Morgan fingerprint density at radius 1 is 1.28 bits per heavy atom. The van der Waals surface area contributed by atoms with Gasteiger partial charge in [0.25, 0.3) is 0 Å². The highest BCUT2D eigenvalue weighted by atomic mass is 15.2. The van der Waals surface area contributed by atoms with E-state index in [1.165, 1.54) is 24.8 Å². The van der Waals surface area contributed by atoms with Gasteiger partial charge in [0.1, 0.15) is 5.82 Å². The number of fused-ring (bicyclic) bond motifs is 1. The van der Waals surface area contributed by atoms with Crippen molar-refractivity contribution < 1.29 is 0 Å². The summed E-state index contributed by atoms with van der Waals surface area (Å²) in [5.74, 6) is 0.981. The van der Waals surface area contributed by atoms with Crippen molar-refractivity contribution in [2.75, 3.05) is 25.5 Å². The fourth-order valence-corrected chi connectivity index (χ4v) is 2.62. The van der Waals surface area contributed by atoms with Crippen LogP contribution in [-0.4, -0.2) is 36.1 Å². The van der Waals surface area contributed by atoms with Crippen molar-refractivity contribution in [3.8, 4) is 0 Å². The van der Waals surface area contributed by atoms with E-state index in [0.717, 1.165) is 17.9 Å². The van der Waals surface area contributed by atoms with E-state index in [-0.39, 0.29) is 0 Å². The molecule has 3 nitrogen and oxygen atoms in total. The lowest BCUT2D eigenvalue weighted by atomic mass is 10.2. The van der Waals surface area contributed by atoms with E-state index in [4.69, 9.17) is 0 Å². The maximum Gasteiger partial charge on any atom is 0.126 e. The fourth-order valence-electron chi connectivity index (χ4n) is 2.62. The number of benzene rings is 1. The average Bonchev–Trinajstić information content (AvgIpc) is 2.82. The first kappa shape index (κ1) is 11.5. The molecule has 1 atom stereocenters. The highest BCUT2D eigenvalue weighted by Gasteiger charge is 2.20. The molecule has 1 unspecified atom stereocenters. The summed E-state index contributed by atoms with van der Waals surface area (Å²) < 4.78 is 0. The summed E-state index contributed by atoms with van der Waals surface area (Å²) in [7, 11) is 2.20. The van der Waals surface area contributed by atoms with Crippen LogP contribution < -0.4 is 5.32 Å². The monoisotopic (exact) mass is 241 g/mol. The van der Waals surface area contributed by atoms with Crippen LogP contribution in [0.4, 0.5) is 5.82 Å². The Hall–Kier alpha value is -1.61. The van der Waals surface area contributed by atoms with Crippen LogP contribution >= 0.6 is 0 Å². The molecule has 1 N–H and O–H groups in total. The Morgan fingerprint density at radius 2 is 2.17 bits per heavy atom. The van der Waals surface area contributed by atoms with Crippen LogP contribution in [0, 0.1) is 0 Å². The van der Waals surface area contributed by atoms with Crippen molar-refractivity contribution in [3.63, 3.8) is 0 Å². The van der Waals surface area contributed by atoms with E-state index in [1.807, 2.05) is 12.1 Å². The minimum Gasteiger partial charge on any atom is -0.368 e. The van der Waals surface area contributed by atoms with Gasteiger partial charge in [0.05, 0.1) is 5.52 Å². The first-order valence-corrected chi connectivity index (χ1v) is 6.63. The zero-order valence-electron chi connectivity index (χ0n) is 10.8. The second kappa shape index (κ2) is 4.94. The average molecular weight is 241 g/mol. The van der Waals surface area contributed by atoms with Gasteiger partial charge >= 0.3 is 0 Å². The molecule has 18 heavy (non-hydrogen) atoms. The van der Waals surface area contributed by atoms with E-state index >= 15 is 0 Å². The lowest BCUT2D eigenvalue weighted by Crippen LogP contribution is -2.31. The highest BCUT2D eigenvalue weighted by molar-refractivity contribution is 5.80. The molecule has 0 spiro atoms. The van der Waals surface area contributed by atoms with Crippen LogP contribution in [0.25, 0.3) is 10.9 Å². The number of hydrogen-bond donors (Lipinski definition) is 1. The van der Waals surface area contributed by atoms with Crippen LogP contribution in [0.15, 0.2) is 36.4 Å². The van der Waals surface area contributed by atoms with Crippen LogP contribution in [0.3, 0.4) is 0 Å². The molecule has 1 fully saturated rings. The Labute approximate surface area is 108 Å². The zero-order valence-corrected chi connectivity index (χ0v) is 10.8. The molecule has 94 valence electrons. The van der Waals surface area contributed by atoms with E-state index in [0.29, 0.717) is 6.04 Å². The second-order valence-corrected chi connectivity index (χ2v) is 5.05. The van der Waals surface area contributed by atoms with Crippen LogP contribution in [-0.2, 0) is 0 Å². The molecule has 0 amide bonds. The van der Waals surface area contributed by atoms with Gasteiger partial charge in [0, 0.05) is 18.0 Å². The molecule has 0 radical (unpaired) electrons. The molecule has 1 aromatic heterocycles. The Balaban J connectivity index is 1.71. The van der Waals surface area contributed by atoms with Gasteiger partial charge in [0.2, 0.25) is 0 Å². The molecule has 3 rings (SSSR count). The smallest absolute Gasteiger partial charge is 0.126 e. The van der Waals surface area contributed by atoms with Crippen molar-refractivity contribution >= 4 is 16.7 Å². The standard InChI is InChI=1S/C15H19N3/c1-18-10-4-6-13(18)11-16-15-9-8-12-5-2-3-7-14(12)17-15/h2-3,5,7-9,13H,4,6,10-11H2,1H3,(H,16,17). The van der Waals surface area contributed by atoms with Gasteiger partial charge in [-0.3, -0.25) is 0 Å². The zero-order chi connectivity index (χ0) is 12.4. The van der Waals surface area contributed by atoms with Crippen molar-refractivity contribution in [1.82, 2.24) is 9.88 Å². The van der Waals surface area contributed by atoms with Gasteiger partial charge in [-0.1, -0.05) is 18.2 Å². The number of pyridine rings is 1. The minimum absolute atomic E-state index is 0.651. The van der Waals surface area contributed by atoms with Gasteiger partial charge in [-0.05, 0) is 44.6 Å². The predicted molar refractivity (Wildman–Crippen MR) is 75.9 cm³/mol. The maximum absolute atomic E-state index is 4.63. The fraction of sp³-hybridized carbons (Fsp3) is 0.400. The molecular weight excluding hydrogens is 222 g/mol. The molecular formula is C15H19N3. The molecule has 0 aliphatic carbocycles. The minimum atomic E-state index is 0.651. The number of aromatic nitrogens is 1. The third-order valence-electron chi connectivity index (χ3n) is 3.79. The van der Waals surface area contributed by atoms with Crippen molar-refractivity contribution in [2.45, 2.75) is 18.9 Å². The van der Waals surface area contributed by atoms with Crippen molar-refractivity contribution in [3.05, 3.63) is 36.4 Å². The summed E-state index contributed by atoms with van der Waals surface area (Å²) >= 11 is 0. The topological polar surface area (TPSA) is 28.2 Å².